The highest BCUT2D eigenvalue weighted by molar-refractivity contribution is 5.86. The number of hydrogen-bond acceptors (Lipinski definition) is 2. The first-order valence-electron chi connectivity index (χ1n) is 6.44. The van der Waals surface area contributed by atoms with Crippen LogP contribution in [0.15, 0.2) is 47.8 Å². The van der Waals surface area contributed by atoms with Crippen molar-refractivity contribution in [2.45, 2.75) is 33.6 Å². The van der Waals surface area contributed by atoms with Crippen molar-refractivity contribution in [1.29, 1.82) is 0 Å². The maximum Gasteiger partial charge on any atom is 0.336 e. The average molecular weight is 244 g/mol. The normalized spacial score (nSPS) is 28.8. The van der Waals surface area contributed by atoms with E-state index in [4.69, 9.17) is 4.74 Å². The van der Waals surface area contributed by atoms with Crippen LogP contribution in [-0.2, 0) is 9.53 Å². The van der Waals surface area contributed by atoms with Gasteiger partial charge in [0.1, 0.15) is 5.76 Å². The van der Waals surface area contributed by atoms with Crippen molar-refractivity contribution in [3.05, 3.63) is 47.8 Å². The lowest BCUT2D eigenvalue weighted by atomic mass is 9.68. The van der Waals surface area contributed by atoms with E-state index in [0.717, 1.165) is 0 Å². The van der Waals surface area contributed by atoms with Crippen LogP contribution in [-0.4, -0.2) is 5.97 Å². The number of hydrogen-bond donors (Lipinski definition) is 0. The summed E-state index contributed by atoms with van der Waals surface area (Å²) in [4.78, 5) is 10.9. The molecule has 0 spiro atoms. The first-order valence-corrected chi connectivity index (χ1v) is 6.44. The number of allylic oxidation sites excluding steroid dienone is 6. The monoisotopic (exact) mass is 244 g/mol. The maximum atomic E-state index is 10.9. The van der Waals surface area contributed by atoms with Gasteiger partial charge in [-0.15, -0.1) is 0 Å². The standard InChI is InChI=1S/C16H20O2/c1-12-6-5-11-16(2,3)14(12)8-4-7-13-9-10-15(17)18-13/h4,6-10,14H,5,11H2,1-3H3/b8-4+,13-7+. The van der Waals surface area contributed by atoms with E-state index < -0.39 is 0 Å². The number of rotatable bonds is 2. The van der Waals surface area contributed by atoms with E-state index in [2.05, 4.69) is 32.9 Å². The zero-order chi connectivity index (χ0) is 13.2. The van der Waals surface area contributed by atoms with Gasteiger partial charge in [0.05, 0.1) is 0 Å². The van der Waals surface area contributed by atoms with Crippen molar-refractivity contribution in [2.75, 3.05) is 0 Å². The minimum atomic E-state index is -0.288. The summed E-state index contributed by atoms with van der Waals surface area (Å²) in [6, 6.07) is 0. The largest absolute Gasteiger partial charge is 0.423 e. The molecule has 0 fully saturated rings. The molecule has 96 valence electrons. The molecular weight excluding hydrogens is 224 g/mol. The fourth-order valence-corrected chi connectivity index (χ4v) is 2.67. The number of carbonyl (C=O) groups is 1. The van der Waals surface area contributed by atoms with E-state index in [1.807, 2.05) is 12.2 Å². The molecule has 0 bridgehead atoms. The van der Waals surface area contributed by atoms with E-state index >= 15 is 0 Å². The van der Waals surface area contributed by atoms with Crippen LogP contribution in [0.3, 0.4) is 0 Å². The van der Waals surface area contributed by atoms with Crippen LogP contribution in [0.25, 0.3) is 0 Å². The van der Waals surface area contributed by atoms with Crippen LogP contribution in [0.1, 0.15) is 33.6 Å². The van der Waals surface area contributed by atoms with E-state index in [1.54, 1.807) is 6.08 Å². The van der Waals surface area contributed by atoms with Crippen LogP contribution in [0, 0.1) is 11.3 Å². The molecule has 1 aliphatic carbocycles. The van der Waals surface area contributed by atoms with Gasteiger partial charge >= 0.3 is 5.97 Å². The third-order valence-corrected chi connectivity index (χ3v) is 3.75. The third kappa shape index (κ3) is 2.81. The van der Waals surface area contributed by atoms with E-state index in [9.17, 15) is 4.79 Å². The topological polar surface area (TPSA) is 26.3 Å². The Balaban J connectivity index is 2.08. The smallest absolute Gasteiger partial charge is 0.336 e. The molecule has 2 nitrogen and oxygen atoms in total. The molecule has 1 atom stereocenters. The Labute approximate surface area is 109 Å². The summed E-state index contributed by atoms with van der Waals surface area (Å²) in [5, 5.41) is 0. The number of ether oxygens (including phenoxy) is 1. The quantitative estimate of drug-likeness (QED) is 0.543. The van der Waals surface area contributed by atoms with Gasteiger partial charge < -0.3 is 4.74 Å². The third-order valence-electron chi connectivity index (χ3n) is 3.75. The van der Waals surface area contributed by atoms with Crippen LogP contribution >= 0.6 is 0 Å². The second-order valence-electron chi connectivity index (χ2n) is 5.66. The lowest BCUT2D eigenvalue weighted by molar-refractivity contribution is -0.132. The van der Waals surface area contributed by atoms with Gasteiger partial charge in [0, 0.05) is 12.0 Å². The highest BCUT2D eigenvalue weighted by Crippen LogP contribution is 2.41. The van der Waals surface area contributed by atoms with Crippen LogP contribution in [0.5, 0.6) is 0 Å². The van der Waals surface area contributed by atoms with Gasteiger partial charge in [-0.25, -0.2) is 4.79 Å². The predicted molar refractivity (Wildman–Crippen MR) is 72.7 cm³/mol. The Morgan fingerprint density at radius 2 is 2.17 bits per heavy atom. The summed E-state index contributed by atoms with van der Waals surface area (Å²) in [7, 11) is 0. The van der Waals surface area contributed by atoms with Crippen molar-refractivity contribution in [3.63, 3.8) is 0 Å². The first kappa shape index (κ1) is 12.9. The molecule has 1 aliphatic heterocycles. The molecule has 2 aliphatic rings. The van der Waals surface area contributed by atoms with Crippen molar-refractivity contribution in [2.24, 2.45) is 11.3 Å². The fraction of sp³-hybridized carbons (Fsp3) is 0.438. The van der Waals surface area contributed by atoms with Crippen LogP contribution < -0.4 is 0 Å². The van der Waals surface area contributed by atoms with E-state index in [-0.39, 0.29) is 5.97 Å². The maximum absolute atomic E-state index is 10.9. The Kier molecular flexibility index (Phi) is 3.55. The molecule has 0 N–H and O–H groups in total. The van der Waals surface area contributed by atoms with Crippen molar-refractivity contribution < 1.29 is 9.53 Å². The molecular formula is C16H20O2. The van der Waals surface area contributed by atoms with Gasteiger partial charge in [-0.2, -0.15) is 0 Å². The second-order valence-corrected chi connectivity index (χ2v) is 5.66. The van der Waals surface area contributed by atoms with Gasteiger partial charge in [0.2, 0.25) is 0 Å². The predicted octanol–water partition coefficient (Wildman–Crippen LogP) is 3.92. The SMILES string of the molecule is CC1=CCCC(C)(C)C1/C=C/C=C1\C=CC(=O)O1. The number of esters is 1. The zero-order valence-corrected chi connectivity index (χ0v) is 11.3. The number of carbonyl (C=O) groups excluding carboxylic acids is 1. The molecule has 1 heterocycles. The Morgan fingerprint density at radius 1 is 1.39 bits per heavy atom. The molecule has 0 aromatic carbocycles. The van der Waals surface area contributed by atoms with E-state index in [1.165, 1.54) is 24.5 Å². The van der Waals surface area contributed by atoms with Gasteiger partial charge in [0.15, 0.2) is 0 Å². The molecule has 1 unspecified atom stereocenters. The fourth-order valence-electron chi connectivity index (χ4n) is 2.67. The summed E-state index contributed by atoms with van der Waals surface area (Å²) in [5.74, 6) is 0.791. The summed E-state index contributed by atoms with van der Waals surface area (Å²) in [5.41, 5.74) is 1.73. The summed E-state index contributed by atoms with van der Waals surface area (Å²) >= 11 is 0. The van der Waals surface area contributed by atoms with Crippen LogP contribution in [0.2, 0.25) is 0 Å². The zero-order valence-electron chi connectivity index (χ0n) is 11.3. The molecule has 2 heteroatoms. The van der Waals surface area contributed by atoms with Gasteiger partial charge in [-0.1, -0.05) is 37.6 Å². The van der Waals surface area contributed by atoms with Crippen molar-refractivity contribution in [1.82, 2.24) is 0 Å². The molecule has 0 saturated heterocycles. The van der Waals surface area contributed by atoms with Crippen LogP contribution in [0.4, 0.5) is 0 Å². The molecule has 2 rings (SSSR count). The number of cyclic esters (lactones) is 1. The molecule has 0 aromatic heterocycles. The Bertz CT molecular complexity index is 461. The Morgan fingerprint density at radius 3 is 2.78 bits per heavy atom. The van der Waals surface area contributed by atoms with Crippen molar-refractivity contribution >= 4 is 5.97 Å². The minimum absolute atomic E-state index is 0.288. The lowest BCUT2D eigenvalue weighted by Crippen LogP contribution is -2.26. The van der Waals surface area contributed by atoms with E-state index in [0.29, 0.717) is 17.1 Å². The highest BCUT2D eigenvalue weighted by Gasteiger charge is 2.30. The molecule has 0 aromatic rings. The minimum Gasteiger partial charge on any atom is -0.423 e. The first-order chi connectivity index (χ1) is 8.49. The molecule has 0 radical (unpaired) electrons. The van der Waals surface area contributed by atoms with Crippen molar-refractivity contribution in [3.8, 4) is 0 Å². The molecule has 0 amide bonds. The second kappa shape index (κ2) is 4.97. The molecule has 18 heavy (non-hydrogen) atoms. The molecule has 0 saturated carbocycles. The Hall–Kier alpha value is -1.57. The summed E-state index contributed by atoms with van der Waals surface area (Å²) < 4.78 is 4.97. The highest BCUT2D eigenvalue weighted by atomic mass is 16.5. The van der Waals surface area contributed by atoms with Gasteiger partial charge in [-0.05, 0) is 37.3 Å². The summed E-state index contributed by atoms with van der Waals surface area (Å²) in [6.07, 6.45) is 13.9. The lowest BCUT2D eigenvalue weighted by Gasteiger charge is -2.36. The van der Waals surface area contributed by atoms with Gasteiger partial charge in [0.25, 0.3) is 0 Å². The van der Waals surface area contributed by atoms with Gasteiger partial charge in [-0.3, -0.25) is 0 Å². The average Bonchev–Trinajstić information content (AvgIpc) is 2.68. The summed E-state index contributed by atoms with van der Waals surface area (Å²) in [6.45, 7) is 6.81.